The lowest BCUT2D eigenvalue weighted by atomic mass is 10.1. The summed E-state index contributed by atoms with van der Waals surface area (Å²) in [5.74, 6) is -0.766. The lowest BCUT2D eigenvalue weighted by Gasteiger charge is -2.26. The number of aliphatic hydroxyl groups is 4. The molecule has 0 aromatic carbocycles. The van der Waals surface area contributed by atoms with E-state index in [0.717, 1.165) is 32.7 Å². The first-order chi connectivity index (χ1) is 34.6. The molecule has 43 heteroatoms. The zero-order chi connectivity index (χ0) is 53.6. The molecule has 74 heavy (non-hydrogen) atoms. The number of hydrogen-bond acceptors (Lipinski definition) is 28. The van der Waals surface area contributed by atoms with Gasteiger partial charge in [-0.1, -0.05) is 4.98 Å². The second-order valence-electron chi connectivity index (χ2n) is 16.2. The van der Waals surface area contributed by atoms with Gasteiger partial charge in [0.25, 0.3) is 17.1 Å². The standard InChI is InChI=1S/C31H40FN15O22P4S/c1-44-8-47(24-15(44)26(53)43-31(35)41-24)29-19(51)16(48)9(65-29)2-61-70(54,55)68-72(58,59)69-71(56,57)62-4-11-20(12(32)27(66-11)45-6-38-13-21(33)36-5-37-22(13)45)67-73(60,74)63-3-10-17(49)18(50)28(64-10)46-7-39-14-23(46)40-30(34)42-25(14)52/h5-12,16-20,27-29,48-51H,2-4H2,1H3,(H11-,33,34,35,36,37,40,41,42,43,52,53,54,55,56,57,58,59,60,74)/p+1/t9-,10-,11-,12?,16?,17?,18+,19+,20+,27-,28-,29-,73?/m1/s1. The van der Waals surface area contributed by atoms with E-state index < -0.39 is 135 Å². The van der Waals surface area contributed by atoms with Crippen LogP contribution in [0.1, 0.15) is 18.7 Å². The van der Waals surface area contributed by atoms with Crippen molar-refractivity contribution in [2.24, 2.45) is 7.05 Å². The number of aryl methyl sites for hydroxylation is 1. The smallest absolute Gasteiger partial charge is 0.387 e. The molecule has 3 aliphatic rings. The predicted molar refractivity (Wildman–Crippen MR) is 240 cm³/mol. The fourth-order valence-corrected chi connectivity index (χ4v) is 13.0. The van der Waals surface area contributed by atoms with Gasteiger partial charge in [0.1, 0.15) is 60.7 Å². The number of phosphoric acid groups is 3. The van der Waals surface area contributed by atoms with E-state index in [-0.39, 0.29) is 51.2 Å². The maximum absolute atomic E-state index is 16.6. The van der Waals surface area contributed by atoms with Gasteiger partial charge >= 0.3 is 35.8 Å². The Hall–Kier alpha value is -4.76. The lowest BCUT2D eigenvalue weighted by Crippen LogP contribution is -2.46. The number of nitrogens with one attached hydrogen (secondary N) is 2. The second-order valence-corrected chi connectivity index (χ2v) is 23.6. The third-order valence-corrected chi connectivity index (χ3v) is 17.1. The molecule has 6 aromatic rings. The molecule has 16 atom stereocenters. The molecule has 0 radical (unpaired) electrons. The molecule has 3 saturated heterocycles. The van der Waals surface area contributed by atoms with Gasteiger partial charge in [-0.05, 0) is 11.8 Å². The number of fused-ring (bicyclic) bond motifs is 3. The molecule has 6 aromatic heterocycles. The van der Waals surface area contributed by atoms with Gasteiger partial charge in [0, 0.05) is 0 Å². The van der Waals surface area contributed by atoms with Crippen LogP contribution in [0.4, 0.5) is 22.1 Å². The Morgan fingerprint density at radius 3 is 1.99 bits per heavy atom. The Balaban J connectivity index is 0.850. The van der Waals surface area contributed by atoms with Crippen LogP contribution in [-0.4, -0.2) is 168 Å². The quantitative estimate of drug-likeness (QED) is 0.0286. The first kappa shape index (κ1) is 54.0. The summed E-state index contributed by atoms with van der Waals surface area (Å²) in [6.45, 7) is -8.12. The van der Waals surface area contributed by atoms with Crippen LogP contribution in [0, 0.1) is 0 Å². The second kappa shape index (κ2) is 20.0. The van der Waals surface area contributed by atoms with Crippen molar-refractivity contribution in [2.75, 3.05) is 37.0 Å². The summed E-state index contributed by atoms with van der Waals surface area (Å²) in [5, 5.41) is 43.1. The number of anilines is 3. The molecule has 3 fully saturated rings. The average Bonchev–Trinajstić information content (AvgIpc) is 4.15. The normalized spacial score (nSPS) is 30.7. The van der Waals surface area contributed by atoms with E-state index >= 15 is 4.39 Å². The van der Waals surface area contributed by atoms with E-state index in [4.69, 9.17) is 56.8 Å². The molecule has 0 amide bonds. The van der Waals surface area contributed by atoms with Gasteiger partial charge in [-0.25, -0.2) is 42.6 Å². The molecule has 9 heterocycles. The molecular weight excluding hydrogens is 1110 g/mol. The third kappa shape index (κ3) is 10.7. The largest absolute Gasteiger partial charge is 0.490 e. The molecule has 0 saturated carbocycles. The average molecular weight is 1150 g/mol. The summed E-state index contributed by atoms with van der Waals surface area (Å²) >= 11 is 5.12. The van der Waals surface area contributed by atoms with E-state index in [9.17, 15) is 63.3 Å². The number of rotatable bonds is 18. The third-order valence-electron chi connectivity index (χ3n) is 11.3. The number of aromatic nitrogens is 12. The van der Waals surface area contributed by atoms with E-state index in [0.29, 0.717) is 0 Å². The summed E-state index contributed by atoms with van der Waals surface area (Å²) in [7, 11) is -16.6. The van der Waals surface area contributed by atoms with Gasteiger partial charge < -0.3 is 75.9 Å². The Bertz CT molecular complexity index is 3460. The van der Waals surface area contributed by atoms with Crippen LogP contribution in [0.5, 0.6) is 0 Å². The Morgan fingerprint density at radius 2 is 1.30 bits per heavy atom. The molecule has 16 N–H and O–H groups in total. The first-order valence-electron chi connectivity index (χ1n) is 20.7. The Morgan fingerprint density at radius 1 is 0.730 bits per heavy atom. The van der Waals surface area contributed by atoms with Crippen molar-refractivity contribution < 1.29 is 104 Å². The molecule has 0 bridgehead atoms. The summed E-state index contributed by atoms with van der Waals surface area (Å²) in [5.41, 5.74) is 15.1. The van der Waals surface area contributed by atoms with Crippen molar-refractivity contribution in [1.29, 1.82) is 0 Å². The van der Waals surface area contributed by atoms with Crippen LogP contribution < -0.4 is 32.9 Å². The molecular formula is C31H41FN15O22P4S+. The Kier molecular flexibility index (Phi) is 14.6. The zero-order valence-corrected chi connectivity index (χ0v) is 41.3. The first-order valence-corrected chi connectivity index (χ1v) is 27.8. The van der Waals surface area contributed by atoms with Crippen molar-refractivity contribution in [3.05, 3.63) is 46.0 Å². The van der Waals surface area contributed by atoms with Crippen molar-refractivity contribution in [3.63, 3.8) is 0 Å². The number of ether oxygens (including phenoxy) is 3. The van der Waals surface area contributed by atoms with Crippen molar-refractivity contribution in [2.45, 2.75) is 73.7 Å². The molecule has 0 aliphatic carbocycles. The summed E-state index contributed by atoms with van der Waals surface area (Å²) < 4.78 is 106. The number of hydrogen-bond donors (Lipinski definition) is 13. The maximum atomic E-state index is 16.6. The summed E-state index contributed by atoms with van der Waals surface area (Å²) in [6, 6.07) is 0. The number of aliphatic hydroxyl groups excluding tert-OH is 4. The molecule has 3 aliphatic heterocycles. The monoisotopic (exact) mass is 1150 g/mol. The summed E-state index contributed by atoms with van der Waals surface area (Å²) in [4.78, 5) is 95.3. The van der Waals surface area contributed by atoms with Crippen LogP contribution in [0.15, 0.2) is 34.9 Å². The number of imidazole rings is 3. The zero-order valence-electron chi connectivity index (χ0n) is 36.9. The number of phosphoric ester groups is 2. The highest BCUT2D eigenvalue weighted by Gasteiger charge is 2.53. The summed E-state index contributed by atoms with van der Waals surface area (Å²) in [6.07, 6.45) is -17.5. The minimum atomic E-state index is -6.21. The van der Waals surface area contributed by atoms with Crippen LogP contribution in [0.25, 0.3) is 33.5 Å². The van der Waals surface area contributed by atoms with Crippen LogP contribution in [0.2, 0.25) is 0 Å². The molecule has 37 nitrogen and oxygen atoms in total. The van der Waals surface area contributed by atoms with Gasteiger partial charge in [0.05, 0.1) is 39.5 Å². The van der Waals surface area contributed by atoms with E-state index in [1.807, 2.05) is 0 Å². The maximum Gasteiger partial charge on any atom is 0.490 e. The highest BCUT2D eigenvalue weighted by atomic mass is 32.5. The topological polar surface area (TPSA) is 536 Å². The fourth-order valence-electron chi connectivity index (χ4n) is 8.02. The van der Waals surface area contributed by atoms with Gasteiger partial charge in [0.2, 0.25) is 17.7 Å². The number of nitrogens with zero attached hydrogens (tertiary/aromatic N) is 10. The predicted octanol–water partition coefficient (Wildman–Crippen LogP) is -4.27. The van der Waals surface area contributed by atoms with Crippen molar-refractivity contribution >= 4 is 93.2 Å². The van der Waals surface area contributed by atoms with Crippen LogP contribution in [-0.2, 0) is 73.5 Å². The number of aromatic amines is 2. The van der Waals surface area contributed by atoms with Crippen molar-refractivity contribution in [3.8, 4) is 0 Å². The molecule has 7 unspecified atom stereocenters. The SMILES string of the molecule is Cn1c[n+]([C@@H]2O[C@H](COP(=O)(O)OP(=O)(O)OP(=O)(O)OC[C@H]3O[C@@H](n4cnc5c(N)ncnc54)C(F)[C@H]3OP(O)(=S)OC[C@H]3O[C@@H](n4cnc5c(=O)[nH]c(N)nc54)[C@@H](O)C3O)C(O)[C@@H]2O)c2nc(N)[nH]c(=O)c21. The van der Waals surface area contributed by atoms with Crippen molar-refractivity contribution in [1.82, 2.24) is 53.6 Å². The minimum Gasteiger partial charge on any atom is -0.387 e. The van der Waals surface area contributed by atoms with Crippen LogP contribution >= 0.6 is 30.2 Å². The minimum absolute atomic E-state index is 0.0274. The van der Waals surface area contributed by atoms with E-state index in [1.54, 1.807) is 0 Å². The van der Waals surface area contributed by atoms with Crippen LogP contribution in [0.3, 0.4) is 0 Å². The molecule has 0 spiro atoms. The fraction of sp³-hybridized carbons (Fsp3) is 0.516. The number of nitrogen functional groups attached to an aromatic ring is 3. The number of H-pyrrole nitrogens is 2. The number of alkyl halides is 1. The lowest BCUT2D eigenvalue weighted by molar-refractivity contribution is -0.745. The highest BCUT2D eigenvalue weighted by Crippen LogP contribution is 2.68. The molecule has 9 rings (SSSR count). The van der Waals surface area contributed by atoms with Gasteiger partial charge in [-0.3, -0.25) is 46.8 Å². The van der Waals surface area contributed by atoms with Gasteiger partial charge in [-0.15, -0.1) is 0 Å². The highest BCUT2D eigenvalue weighted by molar-refractivity contribution is 8.07. The molecule has 404 valence electrons. The van der Waals surface area contributed by atoms with Gasteiger partial charge in [-0.2, -0.15) is 13.6 Å². The number of halogens is 1. The van der Waals surface area contributed by atoms with Gasteiger partial charge in [0.15, 0.2) is 47.6 Å². The number of nitrogens with two attached hydrogens (primary N) is 3. The Labute approximate surface area is 413 Å². The van der Waals surface area contributed by atoms with E-state index in [2.05, 4.69) is 53.0 Å². The van der Waals surface area contributed by atoms with E-state index in [1.165, 1.54) is 17.9 Å².